The second-order valence-electron chi connectivity index (χ2n) is 8.04. The van der Waals surface area contributed by atoms with E-state index in [4.69, 9.17) is 0 Å². The molecule has 136 valence electrons. The van der Waals surface area contributed by atoms with Gasteiger partial charge in [-0.15, -0.1) is 0 Å². The molecule has 0 saturated heterocycles. The highest BCUT2D eigenvalue weighted by atomic mass is 32.2. The molecule has 2 aromatic rings. The van der Waals surface area contributed by atoms with Crippen LogP contribution in [0, 0.1) is 12.3 Å². The van der Waals surface area contributed by atoms with Crippen LogP contribution in [-0.2, 0) is 9.84 Å². The van der Waals surface area contributed by atoms with Gasteiger partial charge < -0.3 is 0 Å². The fourth-order valence-corrected chi connectivity index (χ4v) is 5.15. The lowest BCUT2D eigenvalue weighted by atomic mass is 9.81. The van der Waals surface area contributed by atoms with Crippen LogP contribution in [0.3, 0.4) is 0 Å². The Kier molecular flexibility index (Phi) is 4.26. The molecule has 1 heterocycles. The number of allylic oxidation sites excluding steroid dienone is 2. The first-order valence-electron chi connectivity index (χ1n) is 9.32. The average molecular weight is 368 g/mol. The molecule has 1 aromatic carbocycles. The van der Waals surface area contributed by atoms with E-state index in [0.717, 1.165) is 18.4 Å². The van der Waals surface area contributed by atoms with Gasteiger partial charge in [-0.05, 0) is 66.4 Å². The Morgan fingerprint density at radius 1 is 0.885 bits per heavy atom. The Labute approximate surface area is 156 Å². The molecule has 0 unspecified atom stereocenters. The number of hydrogen-bond donors (Lipinski definition) is 0. The van der Waals surface area contributed by atoms with Crippen molar-refractivity contribution >= 4 is 21.0 Å². The summed E-state index contributed by atoms with van der Waals surface area (Å²) in [5.41, 5.74) is 6.79. The molecule has 0 bridgehead atoms. The van der Waals surface area contributed by atoms with Crippen LogP contribution in [-0.4, -0.2) is 19.7 Å². The van der Waals surface area contributed by atoms with E-state index in [1.807, 2.05) is 6.07 Å². The Bertz CT molecular complexity index is 948. The molecule has 26 heavy (non-hydrogen) atoms. The van der Waals surface area contributed by atoms with Gasteiger partial charge in [0.1, 0.15) is 0 Å². The molecule has 2 aliphatic carbocycles. The van der Waals surface area contributed by atoms with Crippen LogP contribution in [0.4, 0.5) is 0 Å². The summed E-state index contributed by atoms with van der Waals surface area (Å²) < 4.78 is 23.4. The van der Waals surface area contributed by atoms with Crippen molar-refractivity contribution in [2.75, 3.05) is 6.26 Å². The molecule has 3 nitrogen and oxygen atoms in total. The lowest BCUT2D eigenvalue weighted by molar-refractivity contribution is 0.330. The number of rotatable bonds is 3. The summed E-state index contributed by atoms with van der Waals surface area (Å²) >= 11 is 0. The van der Waals surface area contributed by atoms with Crippen molar-refractivity contribution in [3.63, 3.8) is 0 Å². The Balaban J connectivity index is 1.78. The third-order valence-corrected chi connectivity index (χ3v) is 7.00. The first-order chi connectivity index (χ1) is 12.4. The zero-order valence-corrected chi connectivity index (χ0v) is 16.3. The van der Waals surface area contributed by atoms with Gasteiger partial charge in [0.25, 0.3) is 0 Å². The largest absolute Gasteiger partial charge is 0.244 e. The number of benzene rings is 1. The summed E-state index contributed by atoms with van der Waals surface area (Å²) in [5.74, 6) is 0. The van der Waals surface area contributed by atoms with E-state index in [1.165, 1.54) is 54.2 Å². The fraction of sp³-hybridized carbons (Fsp3) is 0.409. The smallest absolute Gasteiger partial charge is 0.192 e. The SMILES string of the molecule is Cc1ccc(C2=C(c3ccc(S(C)(=O)=O)nc3)CC3(CCCC3)C2)cc1. The predicted molar refractivity (Wildman–Crippen MR) is 105 cm³/mol. The van der Waals surface area contributed by atoms with Gasteiger partial charge in [0.2, 0.25) is 0 Å². The molecule has 4 heteroatoms. The molecule has 2 aliphatic rings. The van der Waals surface area contributed by atoms with E-state index >= 15 is 0 Å². The third kappa shape index (κ3) is 3.23. The second kappa shape index (κ2) is 6.34. The number of hydrogen-bond acceptors (Lipinski definition) is 3. The zero-order valence-electron chi connectivity index (χ0n) is 15.5. The minimum Gasteiger partial charge on any atom is -0.244 e. The summed E-state index contributed by atoms with van der Waals surface area (Å²) in [4.78, 5) is 4.23. The molecular weight excluding hydrogens is 342 g/mol. The van der Waals surface area contributed by atoms with Crippen LogP contribution >= 0.6 is 0 Å². The van der Waals surface area contributed by atoms with Gasteiger partial charge in [-0.3, -0.25) is 0 Å². The average Bonchev–Trinajstić information content (AvgIpc) is 3.22. The Morgan fingerprint density at radius 3 is 2.00 bits per heavy atom. The molecule has 1 spiro atoms. The van der Waals surface area contributed by atoms with Gasteiger partial charge in [-0.2, -0.15) is 0 Å². The number of sulfone groups is 1. The number of nitrogens with zero attached hydrogens (tertiary/aromatic N) is 1. The first-order valence-corrected chi connectivity index (χ1v) is 11.2. The number of aryl methyl sites for hydroxylation is 1. The van der Waals surface area contributed by atoms with Crippen molar-refractivity contribution in [1.29, 1.82) is 0 Å². The third-order valence-electron chi connectivity index (χ3n) is 6.00. The van der Waals surface area contributed by atoms with E-state index in [0.29, 0.717) is 5.41 Å². The first kappa shape index (κ1) is 17.5. The number of pyridine rings is 1. The van der Waals surface area contributed by atoms with Crippen molar-refractivity contribution in [2.45, 2.75) is 50.5 Å². The van der Waals surface area contributed by atoms with Crippen LogP contribution in [0.2, 0.25) is 0 Å². The molecule has 0 atom stereocenters. The second-order valence-corrected chi connectivity index (χ2v) is 10.0. The van der Waals surface area contributed by atoms with E-state index in [9.17, 15) is 8.42 Å². The van der Waals surface area contributed by atoms with Crippen LogP contribution in [0.5, 0.6) is 0 Å². The molecule has 0 N–H and O–H groups in total. The van der Waals surface area contributed by atoms with Crippen LogP contribution < -0.4 is 0 Å². The normalized spacial score (nSPS) is 19.5. The molecule has 4 rings (SSSR count). The zero-order chi connectivity index (χ0) is 18.4. The van der Waals surface area contributed by atoms with Crippen molar-refractivity contribution in [3.05, 3.63) is 59.3 Å². The van der Waals surface area contributed by atoms with Gasteiger partial charge in [0, 0.05) is 12.5 Å². The summed E-state index contributed by atoms with van der Waals surface area (Å²) in [6, 6.07) is 12.4. The lowest BCUT2D eigenvalue weighted by Crippen LogP contribution is -2.11. The molecule has 0 amide bonds. The summed E-state index contributed by atoms with van der Waals surface area (Å²) in [6.45, 7) is 2.11. The minimum atomic E-state index is -3.26. The highest BCUT2D eigenvalue weighted by Gasteiger charge is 2.41. The van der Waals surface area contributed by atoms with Crippen molar-refractivity contribution in [2.24, 2.45) is 5.41 Å². The maximum absolute atomic E-state index is 11.7. The summed E-state index contributed by atoms with van der Waals surface area (Å²) in [5, 5.41) is 0.146. The number of aromatic nitrogens is 1. The Hall–Kier alpha value is -1.94. The molecule has 1 fully saturated rings. The Morgan fingerprint density at radius 2 is 1.46 bits per heavy atom. The molecule has 1 saturated carbocycles. The highest BCUT2D eigenvalue weighted by molar-refractivity contribution is 7.90. The lowest BCUT2D eigenvalue weighted by Gasteiger charge is -2.23. The van der Waals surface area contributed by atoms with Gasteiger partial charge in [0.15, 0.2) is 14.9 Å². The maximum atomic E-state index is 11.7. The van der Waals surface area contributed by atoms with E-state index in [-0.39, 0.29) is 5.03 Å². The monoisotopic (exact) mass is 367 g/mol. The van der Waals surface area contributed by atoms with Gasteiger partial charge in [0.05, 0.1) is 0 Å². The fourth-order valence-electron chi connectivity index (χ4n) is 4.59. The highest BCUT2D eigenvalue weighted by Crippen LogP contribution is 2.57. The quantitative estimate of drug-likeness (QED) is 0.762. The van der Waals surface area contributed by atoms with Gasteiger partial charge in [-0.1, -0.05) is 48.7 Å². The maximum Gasteiger partial charge on any atom is 0.192 e. The van der Waals surface area contributed by atoms with Gasteiger partial charge >= 0.3 is 0 Å². The predicted octanol–water partition coefficient (Wildman–Crippen LogP) is 5.06. The van der Waals surface area contributed by atoms with Gasteiger partial charge in [-0.25, -0.2) is 13.4 Å². The summed E-state index contributed by atoms with van der Waals surface area (Å²) in [7, 11) is -3.26. The van der Waals surface area contributed by atoms with E-state index in [1.54, 1.807) is 12.3 Å². The summed E-state index contributed by atoms with van der Waals surface area (Å²) in [6.07, 6.45) is 10.4. The topological polar surface area (TPSA) is 47.0 Å². The van der Waals surface area contributed by atoms with Crippen LogP contribution in [0.1, 0.15) is 55.2 Å². The van der Waals surface area contributed by atoms with Crippen molar-refractivity contribution in [1.82, 2.24) is 4.98 Å². The molecule has 1 aromatic heterocycles. The molecule has 0 radical (unpaired) electrons. The van der Waals surface area contributed by atoms with Crippen LogP contribution in [0.15, 0.2) is 47.6 Å². The molecule has 0 aliphatic heterocycles. The standard InChI is InChI=1S/C22H25NO2S/c1-16-5-7-17(8-6-16)19-13-22(11-3-4-12-22)14-20(19)18-9-10-21(23-15-18)26(2,24)25/h5-10,15H,3-4,11-14H2,1-2H3. The van der Waals surface area contributed by atoms with Crippen molar-refractivity contribution < 1.29 is 8.42 Å². The van der Waals surface area contributed by atoms with E-state index in [2.05, 4.69) is 36.2 Å². The minimum absolute atomic E-state index is 0.146. The van der Waals surface area contributed by atoms with E-state index < -0.39 is 9.84 Å². The van der Waals surface area contributed by atoms with Crippen LogP contribution in [0.25, 0.3) is 11.1 Å². The van der Waals surface area contributed by atoms with Crippen molar-refractivity contribution in [3.8, 4) is 0 Å². The molecular formula is C22H25NO2S.